The van der Waals surface area contributed by atoms with Crippen LogP contribution in [0.2, 0.25) is 10.0 Å². The molecule has 39 heavy (non-hydrogen) atoms. The summed E-state index contributed by atoms with van der Waals surface area (Å²) in [6, 6.07) is 8.66. The molecule has 0 amide bonds. The Balaban J connectivity index is 1.61. The van der Waals surface area contributed by atoms with Crippen molar-refractivity contribution < 1.29 is 17.9 Å². The highest BCUT2D eigenvalue weighted by molar-refractivity contribution is 7.89. The summed E-state index contributed by atoms with van der Waals surface area (Å²) in [5, 5.41) is 6.77. The second kappa shape index (κ2) is 12.7. The van der Waals surface area contributed by atoms with Crippen LogP contribution >= 0.6 is 23.2 Å². The average molecular weight is 596 g/mol. The molecule has 3 aromatic rings. The lowest BCUT2D eigenvalue weighted by Crippen LogP contribution is -2.29. The monoisotopic (exact) mass is 594 g/mol. The van der Waals surface area contributed by atoms with Gasteiger partial charge in [-0.25, -0.2) is 17.7 Å². The predicted molar refractivity (Wildman–Crippen MR) is 155 cm³/mol. The van der Waals surface area contributed by atoms with Crippen molar-refractivity contribution >= 4 is 56.4 Å². The zero-order valence-corrected chi connectivity index (χ0v) is 24.6. The molecular weight excluding hydrogens is 563 g/mol. The Morgan fingerprint density at radius 1 is 1.03 bits per heavy atom. The first-order valence-electron chi connectivity index (χ1n) is 12.3. The molecule has 0 saturated heterocycles. The van der Waals surface area contributed by atoms with E-state index in [1.807, 2.05) is 0 Å². The van der Waals surface area contributed by atoms with Crippen molar-refractivity contribution in [2.75, 3.05) is 65.2 Å². The van der Waals surface area contributed by atoms with Crippen LogP contribution in [0.3, 0.4) is 0 Å². The van der Waals surface area contributed by atoms with Gasteiger partial charge in [0, 0.05) is 45.9 Å². The fraction of sp³-hybridized carbons (Fsp3) is 0.385. The van der Waals surface area contributed by atoms with Gasteiger partial charge in [0.15, 0.2) is 5.82 Å². The molecule has 0 bridgehead atoms. The molecular formula is C26H32Cl2N6O4S. The summed E-state index contributed by atoms with van der Waals surface area (Å²) < 4.78 is 37.8. The molecule has 10 nitrogen and oxygen atoms in total. The van der Waals surface area contributed by atoms with E-state index >= 15 is 0 Å². The molecule has 0 radical (unpaired) electrons. The third kappa shape index (κ3) is 6.92. The van der Waals surface area contributed by atoms with Crippen LogP contribution in [0.5, 0.6) is 5.75 Å². The average Bonchev–Trinajstić information content (AvgIpc) is 3.11. The number of ether oxygens (including phenoxy) is 2. The molecule has 1 aliphatic rings. The Morgan fingerprint density at radius 3 is 2.41 bits per heavy atom. The van der Waals surface area contributed by atoms with Crippen molar-refractivity contribution in [3.05, 3.63) is 57.7 Å². The molecule has 0 fully saturated rings. The minimum atomic E-state index is -3.79. The Morgan fingerprint density at radius 2 is 1.74 bits per heavy atom. The van der Waals surface area contributed by atoms with E-state index in [0.717, 1.165) is 42.5 Å². The van der Waals surface area contributed by atoms with E-state index in [1.54, 1.807) is 26.4 Å². The van der Waals surface area contributed by atoms with Crippen molar-refractivity contribution in [3.8, 4) is 5.75 Å². The number of anilines is 4. The second-order valence-corrected chi connectivity index (χ2v) is 12.2. The Labute approximate surface area is 239 Å². The van der Waals surface area contributed by atoms with Gasteiger partial charge in [-0.3, -0.25) is 0 Å². The van der Waals surface area contributed by atoms with Crippen LogP contribution in [0, 0.1) is 0 Å². The number of benzene rings is 2. The molecule has 2 aromatic carbocycles. The lowest BCUT2D eigenvalue weighted by Gasteiger charge is -2.18. The quantitative estimate of drug-likeness (QED) is 0.348. The van der Waals surface area contributed by atoms with E-state index in [1.165, 1.54) is 37.5 Å². The van der Waals surface area contributed by atoms with Crippen molar-refractivity contribution in [2.45, 2.75) is 17.7 Å². The van der Waals surface area contributed by atoms with Gasteiger partial charge in [0.25, 0.3) is 0 Å². The van der Waals surface area contributed by atoms with Gasteiger partial charge in [0.05, 0.1) is 31.3 Å². The van der Waals surface area contributed by atoms with E-state index in [4.69, 9.17) is 32.7 Å². The third-order valence-corrected chi connectivity index (χ3v) is 8.84. The standard InChI is InChI=1S/C26H32Cl2N6O4S/c1-33(2)39(35,36)24-15-19(27)5-6-21(24)30-25-20(28)16-29-26(32-25)31-22-13-17-7-9-34(11-12-37-3)10-8-18(17)14-23(22)38-4/h5-6,13-16H,7-12H2,1-4H3,(H2,29,30,31,32). The molecule has 1 aromatic heterocycles. The fourth-order valence-corrected chi connectivity index (χ4v) is 5.73. The van der Waals surface area contributed by atoms with E-state index in [0.29, 0.717) is 12.4 Å². The molecule has 0 atom stereocenters. The maximum atomic E-state index is 12.9. The lowest BCUT2D eigenvalue weighted by molar-refractivity contribution is 0.150. The number of fused-ring (bicyclic) bond motifs is 1. The van der Waals surface area contributed by atoms with Gasteiger partial charge in [-0.2, -0.15) is 4.98 Å². The highest BCUT2D eigenvalue weighted by Gasteiger charge is 2.23. The van der Waals surface area contributed by atoms with Crippen LogP contribution < -0.4 is 15.4 Å². The summed E-state index contributed by atoms with van der Waals surface area (Å²) in [4.78, 5) is 11.2. The maximum absolute atomic E-state index is 12.9. The Kier molecular flexibility index (Phi) is 9.52. The number of nitrogens with one attached hydrogen (secondary N) is 2. The van der Waals surface area contributed by atoms with Crippen LogP contribution in [0.25, 0.3) is 0 Å². The van der Waals surface area contributed by atoms with Crippen LogP contribution in [-0.4, -0.2) is 82.1 Å². The number of hydrogen-bond acceptors (Lipinski definition) is 9. The van der Waals surface area contributed by atoms with Crippen LogP contribution in [0.1, 0.15) is 11.1 Å². The van der Waals surface area contributed by atoms with Gasteiger partial charge in [-0.1, -0.05) is 23.2 Å². The predicted octanol–water partition coefficient (Wildman–Crippen LogP) is 4.58. The molecule has 0 spiro atoms. The number of rotatable bonds is 10. The SMILES string of the molecule is COCCN1CCc2cc(Nc3ncc(Cl)c(Nc4ccc(Cl)cc4S(=O)(=O)N(C)C)n3)c(OC)cc2CC1. The smallest absolute Gasteiger partial charge is 0.244 e. The lowest BCUT2D eigenvalue weighted by atomic mass is 10.0. The number of methoxy groups -OCH3 is 2. The van der Waals surface area contributed by atoms with Gasteiger partial charge in [0.2, 0.25) is 16.0 Å². The van der Waals surface area contributed by atoms with E-state index in [-0.39, 0.29) is 32.4 Å². The van der Waals surface area contributed by atoms with Crippen molar-refractivity contribution in [3.63, 3.8) is 0 Å². The molecule has 13 heteroatoms. The van der Waals surface area contributed by atoms with Gasteiger partial charge in [-0.15, -0.1) is 0 Å². The fourth-order valence-electron chi connectivity index (χ4n) is 4.28. The summed E-state index contributed by atoms with van der Waals surface area (Å²) in [7, 11) is 2.44. The van der Waals surface area contributed by atoms with E-state index < -0.39 is 10.0 Å². The van der Waals surface area contributed by atoms with Gasteiger partial charge < -0.3 is 25.0 Å². The molecule has 0 saturated carbocycles. The number of aromatic nitrogens is 2. The molecule has 1 aliphatic heterocycles. The summed E-state index contributed by atoms with van der Waals surface area (Å²) >= 11 is 12.5. The first-order chi connectivity index (χ1) is 18.6. The van der Waals surface area contributed by atoms with Crippen molar-refractivity contribution in [2.24, 2.45) is 0 Å². The molecule has 2 N–H and O–H groups in total. The highest BCUT2D eigenvalue weighted by Crippen LogP contribution is 2.34. The van der Waals surface area contributed by atoms with Gasteiger partial charge in [-0.05, 0) is 54.3 Å². The summed E-state index contributed by atoms with van der Waals surface area (Å²) in [5.41, 5.74) is 3.47. The molecule has 210 valence electrons. The number of sulfonamides is 1. The highest BCUT2D eigenvalue weighted by atomic mass is 35.5. The maximum Gasteiger partial charge on any atom is 0.244 e. The van der Waals surface area contributed by atoms with Crippen LogP contribution in [-0.2, 0) is 27.6 Å². The zero-order valence-electron chi connectivity index (χ0n) is 22.3. The minimum absolute atomic E-state index is 0.00356. The topological polar surface area (TPSA) is 109 Å². The second-order valence-electron chi connectivity index (χ2n) is 9.22. The molecule has 0 aliphatic carbocycles. The number of nitrogens with zero attached hydrogens (tertiary/aromatic N) is 4. The summed E-state index contributed by atoms with van der Waals surface area (Å²) in [6.45, 7) is 3.49. The van der Waals surface area contributed by atoms with Crippen LogP contribution in [0.4, 0.5) is 23.1 Å². The summed E-state index contributed by atoms with van der Waals surface area (Å²) in [5.74, 6) is 1.17. The molecule has 4 rings (SSSR count). The number of halogens is 2. The third-order valence-electron chi connectivity index (χ3n) is 6.47. The van der Waals surface area contributed by atoms with E-state index in [9.17, 15) is 8.42 Å². The zero-order chi connectivity index (χ0) is 28.2. The Bertz CT molecular complexity index is 1440. The van der Waals surface area contributed by atoms with E-state index in [2.05, 4.69) is 37.6 Å². The van der Waals surface area contributed by atoms with Crippen molar-refractivity contribution in [1.82, 2.24) is 19.2 Å². The summed E-state index contributed by atoms with van der Waals surface area (Å²) in [6.07, 6.45) is 3.25. The van der Waals surface area contributed by atoms with Gasteiger partial charge in [0.1, 0.15) is 15.7 Å². The molecule has 2 heterocycles. The largest absolute Gasteiger partial charge is 0.495 e. The van der Waals surface area contributed by atoms with Crippen LogP contribution in [0.15, 0.2) is 41.4 Å². The minimum Gasteiger partial charge on any atom is -0.495 e. The number of hydrogen-bond donors (Lipinski definition) is 2. The normalized spacial score (nSPS) is 14.1. The van der Waals surface area contributed by atoms with Gasteiger partial charge >= 0.3 is 0 Å². The first kappa shape index (κ1) is 29.3. The first-order valence-corrected chi connectivity index (χ1v) is 14.5. The van der Waals surface area contributed by atoms with Crippen molar-refractivity contribution in [1.29, 1.82) is 0 Å². The Hall–Kier alpha value is -2.67. The molecule has 0 unspecified atom stereocenters.